The minimum atomic E-state index is -1.24. The molecular weight excluding hydrogens is 508 g/mol. The van der Waals surface area contributed by atoms with Crippen LogP contribution in [0.1, 0.15) is 64.7 Å². The van der Waals surface area contributed by atoms with Crippen molar-refractivity contribution in [3.8, 4) is 0 Å². The molecule has 3 aliphatic rings. The molecule has 3 heterocycles. The van der Waals surface area contributed by atoms with Gasteiger partial charge in [0.05, 0.1) is 48.6 Å². The quantitative estimate of drug-likeness (QED) is 0.270. The first kappa shape index (κ1) is 30.8. The fraction of sp³-hybridized carbons (Fsp3) is 0.633. The number of alkyl halides is 1. The highest BCUT2D eigenvalue weighted by atomic mass is 35.5. The number of rotatable bonds is 4. The number of ether oxygens (including phenoxy) is 3. The van der Waals surface area contributed by atoms with Crippen molar-refractivity contribution in [2.45, 2.75) is 113 Å². The van der Waals surface area contributed by atoms with E-state index in [1.54, 1.807) is 12.2 Å². The zero-order valence-corrected chi connectivity index (χ0v) is 23.0. The van der Waals surface area contributed by atoms with Gasteiger partial charge in [-0.2, -0.15) is 0 Å². The molecule has 0 spiro atoms. The van der Waals surface area contributed by atoms with Gasteiger partial charge >= 0.3 is 5.97 Å². The number of aliphatic hydroxyl groups excluding tert-OH is 3. The van der Waals surface area contributed by atoms with Crippen LogP contribution in [-0.4, -0.2) is 76.0 Å². The molecule has 8 atom stereocenters. The summed E-state index contributed by atoms with van der Waals surface area (Å²) in [5.41, 5.74) is 2.07. The third-order valence-electron chi connectivity index (χ3n) is 7.15. The van der Waals surface area contributed by atoms with E-state index >= 15 is 0 Å². The van der Waals surface area contributed by atoms with E-state index < -0.39 is 35.8 Å². The van der Waals surface area contributed by atoms with Gasteiger partial charge in [-0.15, -0.1) is 11.6 Å². The van der Waals surface area contributed by atoms with Crippen molar-refractivity contribution in [2.24, 2.45) is 0 Å². The molecule has 8 heteroatoms. The van der Waals surface area contributed by atoms with Gasteiger partial charge in [-0.3, -0.25) is 0 Å². The Kier molecular flexibility index (Phi) is 12.8. The molecule has 7 nitrogen and oxygen atoms in total. The van der Waals surface area contributed by atoms with Crippen LogP contribution in [0.4, 0.5) is 0 Å². The minimum absolute atomic E-state index is 0.0642. The second-order valence-corrected chi connectivity index (χ2v) is 11.2. The number of cyclic esters (lactones) is 1. The maximum Gasteiger partial charge on any atom is 0.330 e. The van der Waals surface area contributed by atoms with E-state index in [0.717, 1.165) is 37.7 Å². The van der Waals surface area contributed by atoms with Crippen molar-refractivity contribution in [1.29, 1.82) is 0 Å². The Morgan fingerprint density at radius 3 is 2.84 bits per heavy atom. The monoisotopic (exact) mass is 550 g/mol. The number of fused-ring (bicyclic) bond motifs is 2. The van der Waals surface area contributed by atoms with Crippen molar-refractivity contribution in [3.63, 3.8) is 0 Å². The third kappa shape index (κ3) is 10.8. The second-order valence-electron chi connectivity index (χ2n) is 10.6. The largest absolute Gasteiger partial charge is 0.459 e. The average molecular weight is 551 g/mol. The summed E-state index contributed by atoms with van der Waals surface area (Å²) in [6.45, 7) is 6.64. The highest BCUT2D eigenvalue weighted by molar-refractivity contribution is 6.21. The lowest BCUT2D eigenvalue weighted by Crippen LogP contribution is -2.38. The predicted octanol–water partition coefficient (Wildman–Crippen LogP) is 4.45. The van der Waals surface area contributed by atoms with E-state index in [1.165, 1.54) is 11.6 Å². The van der Waals surface area contributed by atoms with Crippen molar-refractivity contribution in [3.05, 3.63) is 60.3 Å². The van der Waals surface area contributed by atoms with Gasteiger partial charge in [0, 0.05) is 18.9 Å². The van der Waals surface area contributed by atoms with Crippen LogP contribution in [0.3, 0.4) is 0 Å². The van der Waals surface area contributed by atoms with Gasteiger partial charge in [-0.05, 0) is 51.9 Å². The molecule has 0 saturated carbocycles. The molecule has 0 aliphatic carbocycles. The molecule has 3 rings (SSSR count). The first-order valence-corrected chi connectivity index (χ1v) is 14.1. The van der Waals surface area contributed by atoms with Crippen LogP contribution < -0.4 is 0 Å². The van der Waals surface area contributed by atoms with Gasteiger partial charge in [0.15, 0.2) is 0 Å². The summed E-state index contributed by atoms with van der Waals surface area (Å²) < 4.78 is 17.4. The molecule has 0 fully saturated rings. The molecule has 0 amide bonds. The lowest BCUT2D eigenvalue weighted by molar-refractivity contribution is -0.144. The van der Waals surface area contributed by atoms with Crippen molar-refractivity contribution >= 4 is 17.6 Å². The fourth-order valence-electron chi connectivity index (χ4n) is 4.97. The van der Waals surface area contributed by atoms with Crippen molar-refractivity contribution in [2.75, 3.05) is 6.61 Å². The molecule has 0 saturated heterocycles. The highest BCUT2D eigenvalue weighted by Gasteiger charge is 2.30. The summed E-state index contributed by atoms with van der Waals surface area (Å²) in [6, 6.07) is 0. The molecule has 0 aromatic rings. The topological polar surface area (TPSA) is 105 Å². The Labute approximate surface area is 231 Å². The van der Waals surface area contributed by atoms with Gasteiger partial charge in [0.25, 0.3) is 0 Å². The molecular formula is C30H43ClO7. The number of halogens is 1. The first-order valence-electron chi connectivity index (χ1n) is 13.7. The van der Waals surface area contributed by atoms with E-state index in [0.29, 0.717) is 13.0 Å². The summed E-state index contributed by atoms with van der Waals surface area (Å²) in [4.78, 5) is 12.6. The SMILES string of the molecule is C=C1CCCC2CC=CC(CC=CC(=O)OC(CC(O)C=CC3CC(C)=CCO3)CC(Cl)C(O)C(O)C1)O2. The van der Waals surface area contributed by atoms with Crippen LogP contribution in [0.2, 0.25) is 0 Å². The van der Waals surface area contributed by atoms with Crippen molar-refractivity contribution in [1.82, 2.24) is 0 Å². The molecule has 8 unspecified atom stereocenters. The van der Waals surface area contributed by atoms with Crippen LogP contribution in [0, 0.1) is 0 Å². The molecule has 212 valence electrons. The maximum atomic E-state index is 12.6. The van der Waals surface area contributed by atoms with E-state index in [2.05, 4.69) is 12.7 Å². The number of hydrogen-bond donors (Lipinski definition) is 3. The van der Waals surface area contributed by atoms with Gasteiger partial charge in [-0.1, -0.05) is 54.2 Å². The fourth-order valence-corrected chi connectivity index (χ4v) is 5.34. The van der Waals surface area contributed by atoms with E-state index in [4.69, 9.17) is 25.8 Å². The predicted molar refractivity (Wildman–Crippen MR) is 148 cm³/mol. The number of carbonyl (C=O) groups is 1. The van der Waals surface area contributed by atoms with Gasteiger partial charge in [0.1, 0.15) is 6.10 Å². The van der Waals surface area contributed by atoms with Crippen LogP contribution in [0.25, 0.3) is 0 Å². The number of carbonyl (C=O) groups excluding carboxylic acids is 1. The Morgan fingerprint density at radius 2 is 2.05 bits per heavy atom. The average Bonchev–Trinajstić information content (AvgIpc) is 2.86. The molecule has 3 aliphatic heterocycles. The van der Waals surface area contributed by atoms with E-state index in [9.17, 15) is 20.1 Å². The standard InChI is InChI=1S/C30H43ClO7/c1-20-6-3-7-23-8-4-9-24(37-23)10-5-11-29(34)38-26(19-27(31)30(35)28(33)17-20)18-22(32)12-13-25-16-21(2)14-15-36-25/h4-5,9,11-14,22-28,30,32-33,35H,1,3,6-8,10,15-19H2,2H3. The zero-order valence-electron chi connectivity index (χ0n) is 22.3. The lowest BCUT2D eigenvalue weighted by atomic mass is 9.95. The molecule has 0 radical (unpaired) electrons. The van der Waals surface area contributed by atoms with Crippen LogP contribution >= 0.6 is 11.6 Å². The normalized spacial score (nSPS) is 35.3. The van der Waals surface area contributed by atoms with Gasteiger partial charge in [-0.25, -0.2) is 4.79 Å². The van der Waals surface area contributed by atoms with E-state index in [1.807, 2.05) is 25.2 Å². The third-order valence-corrected chi connectivity index (χ3v) is 7.58. The van der Waals surface area contributed by atoms with Crippen molar-refractivity contribution < 1.29 is 34.3 Å². The smallest absolute Gasteiger partial charge is 0.330 e. The molecule has 2 bridgehead atoms. The summed E-state index contributed by atoms with van der Waals surface area (Å²) in [5.74, 6) is -0.563. The minimum Gasteiger partial charge on any atom is -0.459 e. The molecule has 38 heavy (non-hydrogen) atoms. The van der Waals surface area contributed by atoms with E-state index in [-0.39, 0.29) is 37.6 Å². The van der Waals surface area contributed by atoms with Crippen LogP contribution in [0.5, 0.6) is 0 Å². The molecule has 0 aromatic carbocycles. The molecule has 0 aromatic heterocycles. The Bertz CT molecular complexity index is 895. The number of aliphatic hydroxyl groups is 3. The maximum absolute atomic E-state index is 12.6. The Hall–Kier alpha value is -1.74. The van der Waals surface area contributed by atoms with Crippen LogP contribution in [0.15, 0.2) is 60.3 Å². The lowest BCUT2D eigenvalue weighted by Gasteiger charge is -2.28. The zero-order chi connectivity index (χ0) is 27.5. The van der Waals surface area contributed by atoms with Gasteiger partial charge < -0.3 is 29.5 Å². The number of hydrogen-bond acceptors (Lipinski definition) is 7. The Balaban J connectivity index is 1.68. The Morgan fingerprint density at radius 1 is 1.24 bits per heavy atom. The summed E-state index contributed by atoms with van der Waals surface area (Å²) in [6.07, 6.45) is 13.5. The second kappa shape index (κ2) is 15.8. The highest BCUT2D eigenvalue weighted by Crippen LogP contribution is 2.25. The summed E-state index contributed by atoms with van der Waals surface area (Å²) in [7, 11) is 0. The van der Waals surface area contributed by atoms with Crippen LogP contribution in [-0.2, 0) is 19.0 Å². The summed E-state index contributed by atoms with van der Waals surface area (Å²) >= 11 is 6.49. The van der Waals surface area contributed by atoms with Gasteiger partial charge in [0.2, 0.25) is 0 Å². The summed E-state index contributed by atoms with van der Waals surface area (Å²) in [5, 5.41) is 31.1. The number of esters is 1. The first-order chi connectivity index (χ1) is 18.2. The molecule has 3 N–H and O–H groups in total.